The van der Waals surface area contributed by atoms with E-state index in [0.29, 0.717) is 22.0 Å². The number of fused-ring (bicyclic) bond motifs is 1. The summed E-state index contributed by atoms with van der Waals surface area (Å²) in [5.74, 6) is -1.59. The van der Waals surface area contributed by atoms with E-state index in [2.05, 4.69) is 5.32 Å². The van der Waals surface area contributed by atoms with Crippen LogP contribution in [0.5, 0.6) is 0 Å². The van der Waals surface area contributed by atoms with Gasteiger partial charge in [0.25, 0.3) is 0 Å². The molecule has 178 valence electrons. The number of halogens is 3. The van der Waals surface area contributed by atoms with Crippen LogP contribution in [0.2, 0.25) is 5.02 Å². The van der Waals surface area contributed by atoms with Crippen molar-refractivity contribution in [3.63, 3.8) is 0 Å². The fourth-order valence-electron chi connectivity index (χ4n) is 3.91. The van der Waals surface area contributed by atoms with E-state index in [1.165, 1.54) is 11.0 Å². The van der Waals surface area contributed by atoms with Gasteiger partial charge in [-0.2, -0.15) is 0 Å². The second kappa shape index (κ2) is 10.1. The van der Waals surface area contributed by atoms with Crippen LogP contribution >= 0.6 is 11.6 Å². The van der Waals surface area contributed by atoms with Crippen LogP contribution in [-0.2, 0) is 6.54 Å². The first-order chi connectivity index (χ1) is 17.5. The lowest BCUT2D eigenvalue weighted by Crippen LogP contribution is -2.34. The Labute approximate surface area is 211 Å². The smallest absolute Gasteiger partial charge is 0.305 e. The zero-order valence-electron chi connectivity index (χ0n) is 19.0. The molecule has 0 aliphatic heterocycles. The van der Waals surface area contributed by atoms with Gasteiger partial charge in [0, 0.05) is 22.7 Å². The van der Waals surface area contributed by atoms with Crippen molar-refractivity contribution in [3.05, 3.63) is 125 Å². The van der Waals surface area contributed by atoms with Crippen LogP contribution in [0.3, 0.4) is 0 Å². The second-order valence-electron chi connectivity index (χ2n) is 8.18. The average molecular weight is 500 g/mol. The number of pyridine rings is 1. The van der Waals surface area contributed by atoms with Crippen LogP contribution in [0.15, 0.2) is 103 Å². The van der Waals surface area contributed by atoms with Crippen molar-refractivity contribution in [2.24, 2.45) is 0 Å². The highest BCUT2D eigenvalue weighted by atomic mass is 35.5. The largest absolute Gasteiger partial charge is 0.326 e. The van der Waals surface area contributed by atoms with Crippen molar-refractivity contribution in [2.45, 2.75) is 6.54 Å². The Hall–Kier alpha value is -4.29. The van der Waals surface area contributed by atoms with Gasteiger partial charge in [-0.15, -0.1) is 0 Å². The summed E-state index contributed by atoms with van der Waals surface area (Å²) in [5.41, 5.74) is 3.41. The average Bonchev–Trinajstić information content (AvgIpc) is 2.89. The van der Waals surface area contributed by atoms with Gasteiger partial charge in [0.05, 0.1) is 28.5 Å². The Kier molecular flexibility index (Phi) is 6.60. The molecule has 1 N–H and O–H groups in total. The highest BCUT2D eigenvalue weighted by Gasteiger charge is 2.20. The Morgan fingerprint density at radius 2 is 1.64 bits per heavy atom. The molecule has 0 bridgehead atoms. The first kappa shape index (κ1) is 23.5. The van der Waals surface area contributed by atoms with Crippen LogP contribution in [-0.4, -0.2) is 11.0 Å². The number of urea groups is 1. The number of hydrogen-bond donors (Lipinski definition) is 1. The van der Waals surface area contributed by atoms with Crippen LogP contribution in [0.1, 0.15) is 5.56 Å². The zero-order valence-corrected chi connectivity index (χ0v) is 19.7. The summed E-state index contributed by atoms with van der Waals surface area (Å²) in [6.07, 6.45) is 0. The maximum absolute atomic E-state index is 14.3. The number of nitrogens with zero attached hydrogens (tertiary/aromatic N) is 2. The van der Waals surface area contributed by atoms with Crippen LogP contribution in [0.4, 0.5) is 25.0 Å². The summed E-state index contributed by atoms with van der Waals surface area (Å²) >= 11 is 6.55. The number of benzene rings is 4. The van der Waals surface area contributed by atoms with E-state index in [0.717, 1.165) is 28.6 Å². The second-order valence-corrected chi connectivity index (χ2v) is 8.59. The van der Waals surface area contributed by atoms with Crippen molar-refractivity contribution < 1.29 is 13.6 Å². The quantitative estimate of drug-likeness (QED) is 0.266. The minimum atomic E-state index is -0.861. The molecule has 4 nitrogen and oxygen atoms in total. The molecule has 0 atom stereocenters. The normalized spacial score (nSPS) is 10.9. The van der Waals surface area contributed by atoms with Gasteiger partial charge in [-0.1, -0.05) is 66.2 Å². The van der Waals surface area contributed by atoms with E-state index in [1.807, 2.05) is 66.7 Å². The van der Waals surface area contributed by atoms with Crippen molar-refractivity contribution in [3.8, 4) is 11.3 Å². The summed E-state index contributed by atoms with van der Waals surface area (Å²) < 4.78 is 27.6. The number of anilines is 2. The van der Waals surface area contributed by atoms with Crippen LogP contribution < -0.4 is 10.2 Å². The van der Waals surface area contributed by atoms with E-state index in [4.69, 9.17) is 16.6 Å². The monoisotopic (exact) mass is 499 g/mol. The minimum absolute atomic E-state index is 0.121. The summed E-state index contributed by atoms with van der Waals surface area (Å²) in [5, 5.41) is 4.03. The summed E-state index contributed by atoms with van der Waals surface area (Å²) in [6, 6.07) is 28.6. The van der Waals surface area contributed by atoms with Crippen molar-refractivity contribution in [1.29, 1.82) is 0 Å². The van der Waals surface area contributed by atoms with E-state index >= 15 is 0 Å². The van der Waals surface area contributed by atoms with Gasteiger partial charge in [0.15, 0.2) is 0 Å². The zero-order chi connectivity index (χ0) is 25.1. The molecule has 0 unspecified atom stereocenters. The summed E-state index contributed by atoms with van der Waals surface area (Å²) in [4.78, 5) is 19.6. The fourth-order valence-corrected chi connectivity index (χ4v) is 4.13. The molecule has 0 aliphatic rings. The molecule has 0 aliphatic carbocycles. The highest BCUT2D eigenvalue weighted by Crippen LogP contribution is 2.33. The van der Waals surface area contributed by atoms with Crippen molar-refractivity contribution in [1.82, 2.24) is 4.98 Å². The highest BCUT2D eigenvalue weighted by molar-refractivity contribution is 6.33. The number of carbonyl (C=O) groups is 1. The van der Waals surface area contributed by atoms with E-state index in [9.17, 15) is 13.6 Å². The number of rotatable bonds is 5. The number of hydrogen-bond acceptors (Lipinski definition) is 2. The molecule has 5 rings (SSSR count). The lowest BCUT2D eigenvalue weighted by Gasteiger charge is -2.24. The predicted molar refractivity (Wildman–Crippen MR) is 140 cm³/mol. The molecule has 0 spiro atoms. The van der Waals surface area contributed by atoms with Crippen molar-refractivity contribution in [2.75, 3.05) is 10.2 Å². The van der Waals surface area contributed by atoms with Crippen LogP contribution in [0.25, 0.3) is 22.2 Å². The van der Waals surface area contributed by atoms with E-state index in [1.54, 1.807) is 18.2 Å². The SMILES string of the molecule is O=C(Nc1ccc(F)cc1F)N(Cc1ccccc1)c1ccc(Cl)c(-c2ccc3ccccc3n2)c1. The number of carbonyl (C=O) groups excluding carboxylic acids is 1. The van der Waals surface area contributed by atoms with Gasteiger partial charge in [-0.3, -0.25) is 4.90 Å². The molecule has 0 fully saturated rings. The predicted octanol–water partition coefficient (Wildman–Crippen LogP) is 8.07. The molecule has 2 amide bonds. The van der Waals surface area contributed by atoms with E-state index < -0.39 is 17.7 Å². The number of para-hydroxylation sites is 1. The van der Waals surface area contributed by atoms with Gasteiger partial charge < -0.3 is 5.32 Å². The molecular formula is C29H20ClF2N3O. The molecule has 0 saturated heterocycles. The van der Waals surface area contributed by atoms with Gasteiger partial charge in [-0.25, -0.2) is 18.6 Å². The summed E-state index contributed by atoms with van der Waals surface area (Å²) in [6.45, 7) is 0.210. The minimum Gasteiger partial charge on any atom is -0.305 e. The first-order valence-corrected chi connectivity index (χ1v) is 11.6. The van der Waals surface area contributed by atoms with Gasteiger partial charge in [0.1, 0.15) is 11.6 Å². The first-order valence-electron chi connectivity index (χ1n) is 11.2. The molecule has 5 aromatic rings. The Morgan fingerprint density at radius 1 is 0.861 bits per heavy atom. The number of amides is 2. The third-order valence-corrected chi connectivity index (χ3v) is 6.07. The molecule has 0 saturated carbocycles. The van der Waals surface area contributed by atoms with Gasteiger partial charge in [-0.05, 0) is 48.0 Å². The molecule has 4 aromatic carbocycles. The third-order valence-electron chi connectivity index (χ3n) is 5.74. The number of aromatic nitrogens is 1. The van der Waals surface area contributed by atoms with E-state index in [-0.39, 0.29) is 12.2 Å². The van der Waals surface area contributed by atoms with Crippen LogP contribution in [0, 0.1) is 11.6 Å². The maximum Gasteiger partial charge on any atom is 0.326 e. The molecule has 1 aromatic heterocycles. The number of nitrogens with one attached hydrogen (secondary N) is 1. The Bertz CT molecular complexity index is 1560. The Morgan fingerprint density at radius 3 is 2.44 bits per heavy atom. The topological polar surface area (TPSA) is 45.2 Å². The molecule has 36 heavy (non-hydrogen) atoms. The van der Waals surface area contributed by atoms with Gasteiger partial charge in [0.2, 0.25) is 0 Å². The standard InChI is InChI=1S/C29H20ClF2N3O/c30-24-13-12-22(17-23(24)27-14-10-20-8-4-5-9-26(20)33-27)35(18-19-6-2-1-3-7-19)29(36)34-28-15-11-21(31)16-25(28)32/h1-17H,18H2,(H,34,36). The lowest BCUT2D eigenvalue weighted by atomic mass is 10.1. The van der Waals surface area contributed by atoms with Crippen molar-refractivity contribution >= 4 is 39.9 Å². The maximum atomic E-state index is 14.3. The fraction of sp³-hybridized carbons (Fsp3) is 0.0345. The molecule has 0 radical (unpaired) electrons. The third kappa shape index (κ3) is 5.04. The lowest BCUT2D eigenvalue weighted by molar-refractivity contribution is 0.256. The molecular weight excluding hydrogens is 480 g/mol. The summed E-state index contributed by atoms with van der Waals surface area (Å²) in [7, 11) is 0. The molecule has 7 heteroatoms. The van der Waals surface area contributed by atoms with Gasteiger partial charge >= 0.3 is 6.03 Å². The Balaban J connectivity index is 1.54. The molecule has 1 heterocycles.